The van der Waals surface area contributed by atoms with Crippen molar-refractivity contribution in [2.75, 3.05) is 27.8 Å². The van der Waals surface area contributed by atoms with Crippen LogP contribution in [0.1, 0.15) is 35.2 Å². The minimum atomic E-state index is -0.230. The van der Waals surface area contributed by atoms with Crippen LogP contribution in [0.25, 0.3) is 22.4 Å². The number of benzene rings is 3. The van der Waals surface area contributed by atoms with Gasteiger partial charge in [0.2, 0.25) is 0 Å². The SMILES string of the molecule is CNC(=O)c1cc(OC)c(-c2ccc(-c3cn(C(=O)N4CCCCC4Cc4ccccc4)nn3)cc2)c(OC)c1. The molecule has 4 aromatic rings. The number of carbonyl (C=O) groups is 2. The van der Waals surface area contributed by atoms with Crippen molar-refractivity contribution in [2.24, 2.45) is 0 Å². The Kier molecular flexibility index (Phi) is 8.10. The highest BCUT2D eigenvalue weighted by Crippen LogP contribution is 2.40. The number of piperidine rings is 1. The minimum Gasteiger partial charge on any atom is -0.496 e. The number of aromatic nitrogens is 3. The molecule has 1 atom stereocenters. The molecule has 1 aromatic heterocycles. The van der Waals surface area contributed by atoms with Crippen LogP contribution in [0, 0.1) is 0 Å². The second-order valence-electron chi connectivity index (χ2n) is 9.78. The van der Waals surface area contributed by atoms with Crippen molar-refractivity contribution in [1.29, 1.82) is 0 Å². The smallest absolute Gasteiger partial charge is 0.346 e. The number of methoxy groups -OCH3 is 2. The molecule has 0 bridgehead atoms. The Morgan fingerprint density at radius 2 is 1.62 bits per heavy atom. The van der Waals surface area contributed by atoms with E-state index in [0.717, 1.165) is 42.4 Å². The third-order valence-corrected chi connectivity index (χ3v) is 7.34. The first-order chi connectivity index (χ1) is 19.5. The summed E-state index contributed by atoms with van der Waals surface area (Å²) in [5, 5.41) is 11.1. The lowest BCUT2D eigenvalue weighted by molar-refractivity contribution is 0.0962. The first-order valence-electron chi connectivity index (χ1n) is 13.4. The third kappa shape index (κ3) is 5.54. The van der Waals surface area contributed by atoms with Crippen molar-refractivity contribution in [3.63, 3.8) is 0 Å². The average molecular weight is 540 g/mol. The van der Waals surface area contributed by atoms with Crippen molar-refractivity contribution >= 4 is 11.9 Å². The zero-order valence-corrected chi connectivity index (χ0v) is 23.0. The van der Waals surface area contributed by atoms with E-state index in [-0.39, 0.29) is 18.0 Å². The highest BCUT2D eigenvalue weighted by molar-refractivity contribution is 5.96. The second-order valence-corrected chi connectivity index (χ2v) is 9.78. The summed E-state index contributed by atoms with van der Waals surface area (Å²) < 4.78 is 12.5. The highest BCUT2D eigenvalue weighted by atomic mass is 16.5. The fourth-order valence-electron chi connectivity index (χ4n) is 5.25. The van der Waals surface area contributed by atoms with Gasteiger partial charge in [0.1, 0.15) is 17.2 Å². The molecule has 3 aromatic carbocycles. The zero-order valence-electron chi connectivity index (χ0n) is 23.0. The van der Waals surface area contributed by atoms with Crippen molar-refractivity contribution in [2.45, 2.75) is 31.7 Å². The number of ether oxygens (including phenoxy) is 2. The maximum atomic E-state index is 13.5. The monoisotopic (exact) mass is 539 g/mol. The summed E-state index contributed by atoms with van der Waals surface area (Å²) >= 11 is 0. The topological polar surface area (TPSA) is 98.6 Å². The Balaban J connectivity index is 1.36. The molecule has 1 aliphatic heterocycles. The molecule has 206 valence electrons. The number of nitrogens with zero attached hydrogens (tertiary/aromatic N) is 4. The van der Waals surface area contributed by atoms with E-state index in [0.29, 0.717) is 29.3 Å². The summed E-state index contributed by atoms with van der Waals surface area (Å²) in [5.41, 5.74) is 4.67. The molecular weight excluding hydrogens is 506 g/mol. The van der Waals surface area contributed by atoms with Crippen molar-refractivity contribution in [3.05, 3.63) is 84.1 Å². The minimum absolute atomic E-state index is 0.135. The summed E-state index contributed by atoms with van der Waals surface area (Å²) in [5.74, 6) is 0.815. The van der Waals surface area contributed by atoms with Gasteiger partial charge >= 0.3 is 6.03 Å². The molecule has 40 heavy (non-hydrogen) atoms. The van der Waals surface area contributed by atoms with Gasteiger partial charge in [-0.15, -0.1) is 5.10 Å². The van der Waals surface area contributed by atoms with E-state index in [1.807, 2.05) is 47.4 Å². The summed E-state index contributed by atoms with van der Waals surface area (Å²) in [6, 6.07) is 21.3. The van der Waals surface area contributed by atoms with Crippen molar-refractivity contribution in [3.8, 4) is 33.9 Å². The predicted octanol–water partition coefficient (Wildman–Crippen LogP) is 5.05. The Hall–Kier alpha value is -4.66. The summed E-state index contributed by atoms with van der Waals surface area (Å²) in [4.78, 5) is 27.6. The van der Waals surface area contributed by atoms with Gasteiger partial charge in [0.25, 0.3) is 5.91 Å². The molecule has 0 spiro atoms. The van der Waals surface area contributed by atoms with E-state index in [4.69, 9.17) is 9.47 Å². The van der Waals surface area contributed by atoms with E-state index < -0.39 is 0 Å². The molecule has 1 saturated heterocycles. The normalized spacial score (nSPS) is 15.0. The lowest BCUT2D eigenvalue weighted by Crippen LogP contribution is -2.46. The second kappa shape index (κ2) is 12.0. The van der Waals surface area contributed by atoms with Crippen molar-refractivity contribution < 1.29 is 19.1 Å². The lowest BCUT2D eigenvalue weighted by Gasteiger charge is -2.35. The summed E-state index contributed by atoms with van der Waals surface area (Å²) in [7, 11) is 4.69. The van der Waals surface area contributed by atoms with E-state index in [1.165, 1.54) is 10.2 Å². The van der Waals surface area contributed by atoms with Gasteiger partial charge in [-0.25, -0.2) is 4.79 Å². The summed E-state index contributed by atoms with van der Waals surface area (Å²) in [6.45, 7) is 0.711. The number of hydrogen-bond acceptors (Lipinski definition) is 6. The van der Waals surface area contributed by atoms with Crippen LogP contribution >= 0.6 is 0 Å². The molecule has 1 N–H and O–H groups in total. The highest BCUT2D eigenvalue weighted by Gasteiger charge is 2.29. The number of likely N-dealkylation sites (tertiary alicyclic amines) is 1. The molecule has 2 amide bonds. The third-order valence-electron chi connectivity index (χ3n) is 7.34. The van der Waals surface area contributed by atoms with Crippen LogP contribution in [0.5, 0.6) is 11.5 Å². The molecule has 1 fully saturated rings. The van der Waals surface area contributed by atoms with Crippen LogP contribution in [0.3, 0.4) is 0 Å². The Morgan fingerprint density at radius 1 is 0.950 bits per heavy atom. The van der Waals surface area contributed by atoms with Gasteiger partial charge in [-0.3, -0.25) is 4.79 Å². The maximum absolute atomic E-state index is 13.5. The maximum Gasteiger partial charge on any atom is 0.346 e. The molecular formula is C31H33N5O4. The van der Waals surface area contributed by atoms with E-state index in [9.17, 15) is 9.59 Å². The first kappa shape index (κ1) is 26.9. The van der Waals surface area contributed by atoms with Crippen LogP contribution < -0.4 is 14.8 Å². The van der Waals surface area contributed by atoms with E-state index in [2.05, 4.69) is 27.8 Å². The quantitative estimate of drug-likeness (QED) is 0.353. The van der Waals surface area contributed by atoms with E-state index in [1.54, 1.807) is 39.6 Å². The largest absolute Gasteiger partial charge is 0.496 e. The van der Waals surface area contributed by atoms with Crippen LogP contribution in [0.4, 0.5) is 4.79 Å². The van der Waals surface area contributed by atoms with Gasteiger partial charge in [0.15, 0.2) is 0 Å². The van der Waals surface area contributed by atoms with Crippen LogP contribution in [-0.2, 0) is 6.42 Å². The zero-order chi connectivity index (χ0) is 28.1. The Morgan fingerprint density at radius 3 is 2.27 bits per heavy atom. The predicted molar refractivity (Wildman–Crippen MR) is 153 cm³/mol. The molecule has 0 saturated carbocycles. The number of hydrogen-bond donors (Lipinski definition) is 1. The number of carbonyl (C=O) groups excluding carboxylic acids is 2. The van der Waals surface area contributed by atoms with Gasteiger partial charge in [-0.1, -0.05) is 59.8 Å². The number of rotatable bonds is 7. The Bertz CT molecular complexity index is 1460. The van der Waals surface area contributed by atoms with Crippen LogP contribution in [0.2, 0.25) is 0 Å². The fourth-order valence-corrected chi connectivity index (χ4v) is 5.25. The molecule has 5 rings (SSSR count). The molecule has 9 heteroatoms. The van der Waals surface area contributed by atoms with Gasteiger partial charge in [-0.05, 0) is 48.9 Å². The molecule has 2 heterocycles. The van der Waals surface area contributed by atoms with Gasteiger partial charge in [0.05, 0.1) is 26.0 Å². The Labute approximate surface area is 233 Å². The van der Waals surface area contributed by atoms with Crippen LogP contribution in [-0.4, -0.2) is 65.7 Å². The molecule has 1 unspecified atom stereocenters. The van der Waals surface area contributed by atoms with E-state index >= 15 is 0 Å². The number of amides is 2. The lowest BCUT2D eigenvalue weighted by atomic mass is 9.96. The van der Waals surface area contributed by atoms with Gasteiger partial charge < -0.3 is 19.7 Å². The van der Waals surface area contributed by atoms with Crippen molar-refractivity contribution in [1.82, 2.24) is 25.2 Å². The first-order valence-corrected chi connectivity index (χ1v) is 13.4. The molecule has 0 radical (unpaired) electrons. The molecule has 0 aliphatic carbocycles. The van der Waals surface area contributed by atoms with Gasteiger partial charge in [0, 0.05) is 30.8 Å². The average Bonchev–Trinajstić information content (AvgIpc) is 3.51. The van der Waals surface area contributed by atoms with Gasteiger partial charge in [-0.2, -0.15) is 4.68 Å². The molecule has 9 nitrogen and oxygen atoms in total. The fraction of sp³-hybridized carbons (Fsp3) is 0.290. The summed E-state index contributed by atoms with van der Waals surface area (Å²) in [6.07, 6.45) is 5.58. The number of nitrogens with one attached hydrogen (secondary N) is 1. The standard InChI is InChI=1S/C31H33N5O4/c1-32-30(37)24-18-27(39-2)29(28(19-24)40-3)23-14-12-22(13-15-23)26-20-36(34-33-26)31(38)35-16-8-7-11-25(35)17-21-9-5-4-6-10-21/h4-6,9-10,12-15,18-20,25H,7-8,11,16-17H2,1-3H3,(H,32,37). The van der Waals surface area contributed by atoms with Crippen LogP contribution in [0.15, 0.2) is 72.9 Å². The molecule has 1 aliphatic rings.